The van der Waals surface area contributed by atoms with Crippen molar-refractivity contribution in [2.75, 3.05) is 44.2 Å². The van der Waals surface area contributed by atoms with Crippen molar-refractivity contribution in [2.24, 2.45) is 5.92 Å². The van der Waals surface area contributed by atoms with E-state index in [-0.39, 0.29) is 5.91 Å². The summed E-state index contributed by atoms with van der Waals surface area (Å²) in [6, 6.07) is 17.4. The number of benzene rings is 2. The minimum Gasteiger partial charge on any atom is -0.371 e. The minimum absolute atomic E-state index is 0.177. The van der Waals surface area contributed by atoms with Gasteiger partial charge in [-0.15, -0.1) is 0 Å². The summed E-state index contributed by atoms with van der Waals surface area (Å²) in [5, 5.41) is 2.46. The van der Waals surface area contributed by atoms with Crippen molar-refractivity contribution < 1.29 is 4.79 Å². The molecule has 0 N–H and O–H groups in total. The van der Waals surface area contributed by atoms with Gasteiger partial charge in [0.05, 0.1) is 0 Å². The molecule has 2 fully saturated rings. The van der Waals surface area contributed by atoms with Crippen LogP contribution >= 0.6 is 0 Å². The number of carbonyl (C=O) groups is 1. The van der Waals surface area contributed by atoms with Crippen molar-refractivity contribution >= 4 is 22.4 Å². The Labute approximate surface area is 203 Å². The van der Waals surface area contributed by atoms with Gasteiger partial charge < -0.3 is 9.80 Å². The molecule has 3 heterocycles. The fraction of sp³-hybridized carbons (Fsp3) is 0.448. The molecule has 0 aliphatic carbocycles. The van der Waals surface area contributed by atoms with Crippen LogP contribution in [0.1, 0.15) is 37.3 Å². The number of carbonyl (C=O) groups excluding carboxylic acids is 1. The monoisotopic (exact) mass is 456 g/mol. The lowest BCUT2D eigenvalue weighted by Gasteiger charge is -2.32. The third-order valence-electron chi connectivity index (χ3n) is 7.47. The van der Waals surface area contributed by atoms with Crippen LogP contribution in [0.2, 0.25) is 0 Å². The van der Waals surface area contributed by atoms with Gasteiger partial charge in [0.25, 0.3) is 0 Å². The molecule has 5 rings (SSSR count). The molecule has 34 heavy (non-hydrogen) atoms. The van der Waals surface area contributed by atoms with Gasteiger partial charge in [0, 0.05) is 76.2 Å². The molecule has 1 atom stereocenters. The van der Waals surface area contributed by atoms with Crippen molar-refractivity contribution in [3.63, 3.8) is 0 Å². The van der Waals surface area contributed by atoms with Crippen LogP contribution in [-0.4, -0.2) is 60.0 Å². The topological polar surface area (TPSA) is 39.7 Å². The second kappa shape index (κ2) is 10.6. The Hall–Kier alpha value is -2.92. The highest BCUT2D eigenvalue weighted by Crippen LogP contribution is 2.27. The zero-order valence-electron chi connectivity index (χ0n) is 20.3. The van der Waals surface area contributed by atoms with Gasteiger partial charge in [-0.3, -0.25) is 14.7 Å². The van der Waals surface area contributed by atoms with E-state index >= 15 is 0 Å². The van der Waals surface area contributed by atoms with Gasteiger partial charge in [0.2, 0.25) is 5.91 Å². The van der Waals surface area contributed by atoms with Crippen molar-refractivity contribution in [3.8, 4) is 0 Å². The first-order chi connectivity index (χ1) is 16.7. The molecule has 1 amide bonds. The predicted octanol–water partition coefficient (Wildman–Crippen LogP) is 4.75. The maximum atomic E-state index is 12.4. The van der Waals surface area contributed by atoms with Gasteiger partial charge in [-0.1, -0.05) is 42.5 Å². The smallest absolute Gasteiger partial charge is 0.219 e. The van der Waals surface area contributed by atoms with E-state index in [1.165, 1.54) is 46.8 Å². The number of nitrogens with zero attached hydrogens (tertiary/aromatic N) is 4. The number of rotatable bonds is 5. The molecular weight excluding hydrogens is 420 g/mol. The molecule has 2 aromatic carbocycles. The fourth-order valence-corrected chi connectivity index (χ4v) is 5.72. The Balaban J connectivity index is 1.37. The molecule has 3 aromatic rings. The van der Waals surface area contributed by atoms with Crippen molar-refractivity contribution in [1.82, 2.24) is 14.8 Å². The Bertz CT molecular complexity index is 1120. The molecule has 1 unspecified atom stereocenters. The van der Waals surface area contributed by atoms with Gasteiger partial charge >= 0.3 is 0 Å². The molecule has 5 nitrogen and oxygen atoms in total. The minimum atomic E-state index is 0.177. The average Bonchev–Trinajstić information content (AvgIpc) is 3.07. The highest BCUT2D eigenvalue weighted by atomic mass is 16.2. The van der Waals surface area contributed by atoms with E-state index in [0.29, 0.717) is 5.92 Å². The highest BCUT2D eigenvalue weighted by Gasteiger charge is 2.26. The van der Waals surface area contributed by atoms with Crippen molar-refractivity contribution in [3.05, 3.63) is 72.1 Å². The lowest BCUT2D eigenvalue weighted by Crippen LogP contribution is -2.34. The van der Waals surface area contributed by atoms with Crippen LogP contribution in [0, 0.1) is 5.92 Å². The zero-order chi connectivity index (χ0) is 23.3. The number of pyridine rings is 1. The highest BCUT2D eigenvalue weighted by molar-refractivity contribution is 5.84. The lowest BCUT2D eigenvalue weighted by molar-refractivity contribution is -0.129. The van der Waals surface area contributed by atoms with Crippen LogP contribution in [0.15, 0.2) is 60.9 Å². The third-order valence-corrected chi connectivity index (χ3v) is 7.47. The molecule has 5 heteroatoms. The molecule has 0 radical (unpaired) electrons. The fourth-order valence-electron chi connectivity index (χ4n) is 5.72. The first kappa shape index (κ1) is 22.9. The number of fused-ring (bicyclic) bond motifs is 1. The maximum Gasteiger partial charge on any atom is 0.219 e. The van der Waals surface area contributed by atoms with E-state index in [9.17, 15) is 4.79 Å². The van der Waals surface area contributed by atoms with E-state index in [0.717, 1.165) is 52.2 Å². The molecule has 1 aromatic heterocycles. The van der Waals surface area contributed by atoms with E-state index in [1.54, 1.807) is 6.92 Å². The predicted molar refractivity (Wildman–Crippen MR) is 139 cm³/mol. The maximum absolute atomic E-state index is 12.4. The van der Waals surface area contributed by atoms with Crippen LogP contribution in [0.3, 0.4) is 0 Å². The Morgan fingerprint density at radius 1 is 0.882 bits per heavy atom. The van der Waals surface area contributed by atoms with E-state index < -0.39 is 0 Å². The number of piperidine rings is 1. The summed E-state index contributed by atoms with van der Waals surface area (Å²) in [4.78, 5) is 24.1. The van der Waals surface area contributed by atoms with Gasteiger partial charge in [0.1, 0.15) is 0 Å². The number of para-hydroxylation sites is 1. The summed E-state index contributed by atoms with van der Waals surface area (Å²) in [6.07, 6.45) is 8.80. The van der Waals surface area contributed by atoms with Gasteiger partial charge in [0.15, 0.2) is 0 Å². The number of aromatic nitrogens is 1. The molecule has 0 bridgehead atoms. The van der Waals surface area contributed by atoms with Gasteiger partial charge in [-0.25, -0.2) is 0 Å². The van der Waals surface area contributed by atoms with Crippen LogP contribution in [0.25, 0.3) is 10.8 Å². The molecule has 178 valence electrons. The van der Waals surface area contributed by atoms with Crippen LogP contribution in [-0.2, 0) is 17.8 Å². The first-order valence-electron chi connectivity index (χ1n) is 12.8. The first-order valence-corrected chi connectivity index (χ1v) is 12.8. The second-order valence-corrected chi connectivity index (χ2v) is 9.97. The largest absolute Gasteiger partial charge is 0.371 e. The Morgan fingerprint density at radius 3 is 2.53 bits per heavy atom. The van der Waals surface area contributed by atoms with E-state index in [2.05, 4.69) is 63.3 Å². The Morgan fingerprint density at radius 2 is 1.68 bits per heavy atom. The number of anilines is 1. The van der Waals surface area contributed by atoms with Crippen LogP contribution in [0.5, 0.6) is 0 Å². The van der Waals surface area contributed by atoms with Crippen molar-refractivity contribution in [2.45, 2.75) is 39.2 Å². The summed E-state index contributed by atoms with van der Waals surface area (Å²) >= 11 is 0. The quantitative estimate of drug-likeness (QED) is 0.556. The summed E-state index contributed by atoms with van der Waals surface area (Å²) in [6.45, 7) is 8.46. The molecule has 2 aliphatic heterocycles. The zero-order valence-corrected chi connectivity index (χ0v) is 20.3. The summed E-state index contributed by atoms with van der Waals surface area (Å²) in [7, 11) is 0. The second-order valence-electron chi connectivity index (χ2n) is 9.97. The van der Waals surface area contributed by atoms with Crippen LogP contribution in [0.4, 0.5) is 5.69 Å². The average molecular weight is 457 g/mol. The normalized spacial score (nSPS) is 19.9. The Kier molecular flexibility index (Phi) is 7.10. The molecule has 2 aliphatic rings. The van der Waals surface area contributed by atoms with Gasteiger partial charge in [-0.2, -0.15) is 0 Å². The summed E-state index contributed by atoms with van der Waals surface area (Å²) < 4.78 is 0. The van der Waals surface area contributed by atoms with E-state index in [1.807, 2.05) is 17.3 Å². The molecule has 0 spiro atoms. The summed E-state index contributed by atoms with van der Waals surface area (Å²) in [5.74, 6) is 0.553. The molecular formula is C29H36N4O. The van der Waals surface area contributed by atoms with Crippen molar-refractivity contribution in [1.29, 1.82) is 0 Å². The van der Waals surface area contributed by atoms with Gasteiger partial charge in [-0.05, 0) is 54.2 Å². The number of amides is 1. The third kappa shape index (κ3) is 5.25. The standard InChI is InChI=1S/C29H36N4O/c1-23(34)33-16-15-31(22-26-10-4-6-12-29(26)32-13-7-2-8-14-32)20-24(21-33)17-27-19-30-18-25-9-3-5-11-28(25)27/h3-6,9-12,18-19,24H,2,7-8,13-17,20-22H2,1H3. The lowest BCUT2D eigenvalue weighted by atomic mass is 9.95. The molecule has 0 saturated carbocycles. The SMILES string of the molecule is CC(=O)N1CCN(Cc2ccccc2N2CCCCC2)CC(Cc2cncc3ccccc23)C1. The summed E-state index contributed by atoms with van der Waals surface area (Å²) in [5.41, 5.74) is 4.08. The molecule has 2 saturated heterocycles. The van der Waals surface area contributed by atoms with Crippen LogP contribution < -0.4 is 4.90 Å². The number of hydrogen-bond donors (Lipinski definition) is 0. The number of hydrogen-bond acceptors (Lipinski definition) is 4. The van der Waals surface area contributed by atoms with E-state index in [4.69, 9.17) is 0 Å².